The molecule has 0 amide bonds. The van der Waals surface area contributed by atoms with Crippen LogP contribution in [0.1, 0.15) is 30.3 Å². The third kappa shape index (κ3) is 2.22. The van der Waals surface area contributed by atoms with Crippen molar-refractivity contribution in [2.45, 2.75) is 32.9 Å². The maximum Gasteiger partial charge on any atom is 0.170 e. The van der Waals surface area contributed by atoms with Gasteiger partial charge in [0, 0.05) is 24.3 Å². The summed E-state index contributed by atoms with van der Waals surface area (Å²) < 4.78 is 1.12. The van der Waals surface area contributed by atoms with Crippen molar-refractivity contribution in [2.24, 2.45) is 0 Å². The molecule has 3 rings (SSSR count). The Morgan fingerprint density at radius 3 is 2.94 bits per heavy atom. The number of thiophene rings is 1. The number of hydrogen-bond acceptors (Lipinski definition) is 4. The van der Waals surface area contributed by atoms with Crippen molar-refractivity contribution in [3.63, 3.8) is 0 Å². The zero-order chi connectivity index (χ0) is 12.5. The van der Waals surface area contributed by atoms with E-state index in [-0.39, 0.29) is 0 Å². The van der Waals surface area contributed by atoms with Gasteiger partial charge in [-0.05, 0) is 34.5 Å². The van der Waals surface area contributed by atoms with Crippen molar-refractivity contribution < 1.29 is 0 Å². The molecule has 0 atom stereocenters. The molecule has 5 heteroatoms. The number of hydrogen-bond donors (Lipinski definition) is 1. The summed E-state index contributed by atoms with van der Waals surface area (Å²) in [7, 11) is 0. The molecule has 2 aromatic heterocycles. The monoisotopic (exact) mass is 323 g/mol. The fraction of sp³-hybridized carbons (Fsp3) is 0.385. The molecular formula is C13H14BrN3S. The molecule has 1 aliphatic rings. The van der Waals surface area contributed by atoms with E-state index in [2.05, 4.69) is 34.2 Å². The van der Waals surface area contributed by atoms with Crippen LogP contribution in [0.25, 0.3) is 10.7 Å². The Labute approximate surface area is 119 Å². The van der Waals surface area contributed by atoms with Crippen LogP contribution in [0, 0.1) is 0 Å². The second-order valence-electron chi connectivity index (χ2n) is 4.38. The van der Waals surface area contributed by atoms with Gasteiger partial charge in [-0.3, -0.25) is 0 Å². The summed E-state index contributed by atoms with van der Waals surface area (Å²) in [4.78, 5) is 10.6. The van der Waals surface area contributed by atoms with Gasteiger partial charge < -0.3 is 5.32 Å². The highest BCUT2D eigenvalue weighted by Crippen LogP contribution is 2.31. The molecule has 94 valence electrons. The maximum absolute atomic E-state index is 4.76. The van der Waals surface area contributed by atoms with E-state index in [1.165, 1.54) is 17.0 Å². The van der Waals surface area contributed by atoms with Crippen LogP contribution in [0.2, 0.25) is 0 Å². The van der Waals surface area contributed by atoms with Gasteiger partial charge in [-0.15, -0.1) is 11.3 Å². The van der Waals surface area contributed by atoms with Gasteiger partial charge in [0.2, 0.25) is 0 Å². The van der Waals surface area contributed by atoms with Gasteiger partial charge in [0.15, 0.2) is 5.82 Å². The maximum atomic E-state index is 4.76. The van der Waals surface area contributed by atoms with Crippen molar-refractivity contribution in [2.75, 3.05) is 0 Å². The number of rotatable bonds is 3. The first-order valence-electron chi connectivity index (χ1n) is 6.13. The average molecular weight is 324 g/mol. The fourth-order valence-electron chi connectivity index (χ4n) is 2.23. The Hall–Kier alpha value is -0.780. The average Bonchev–Trinajstić information content (AvgIpc) is 2.97. The smallest absolute Gasteiger partial charge is 0.170 e. The van der Waals surface area contributed by atoms with E-state index in [1.807, 2.05) is 6.07 Å². The van der Waals surface area contributed by atoms with E-state index >= 15 is 0 Å². The van der Waals surface area contributed by atoms with E-state index in [0.29, 0.717) is 0 Å². The SMILES string of the molecule is CCCc1nc(-c2ccc(Br)s2)nc2c1CNC2. The zero-order valence-electron chi connectivity index (χ0n) is 10.2. The van der Waals surface area contributed by atoms with Crippen LogP contribution >= 0.6 is 27.3 Å². The van der Waals surface area contributed by atoms with Crippen LogP contribution in [0.3, 0.4) is 0 Å². The number of halogens is 1. The number of nitrogens with zero attached hydrogens (tertiary/aromatic N) is 2. The number of fused-ring (bicyclic) bond motifs is 1. The number of aryl methyl sites for hydroxylation is 1. The molecule has 18 heavy (non-hydrogen) atoms. The lowest BCUT2D eigenvalue weighted by Gasteiger charge is -2.07. The minimum Gasteiger partial charge on any atom is -0.307 e. The van der Waals surface area contributed by atoms with Crippen LogP contribution in [0.5, 0.6) is 0 Å². The molecule has 0 aromatic carbocycles. The fourth-order valence-corrected chi connectivity index (χ4v) is 3.55. The van der Waals surface area contributed by atoms with Crippen LogP contribution in [0.15, 0.2) is 15.9 Å². The predicted molar refractivity (Wildman–Crippen MR) is 77.6 cm³/mol. The molecule has 0 aliphatic carbocycles. The summed E-state index contributed by atoms with van der Waals surface area (Å²) in [6.45, 7) is 3.98. The first-order valence-corrected chi connectivity index (χ1v) is 7.74. The van der Waals surface area contributed by atoms with E-state index in [1.54, 1.807) is 11.3 Å². The lowest BCUT2D eigenvalue weighted by molar-refractivity contribution is 0.753. The van der Waals surface area contributed by atoms with Gasteiger partial charge in [0.25, 0.3) is 0 Å². The Bertz CT molecular complexity index is 580. The van der Waals surface area contributed by atoms with Crippen LogP contribution in [0.4, 0.5) is 0 Å². The standard InChI is InChI=1S/C13H14BrN3S/c1-2-3-9-8-6-15-7-10(8)17-13(16-9)11-4-5-12(14)18-11/h4-5,15H,2-3,6-7H2,1H3. The van der Waals surface area contributed by atoms with Crippen molar-refractivity contribution in [1.29, 1.82) is 0 Å². The second kappa shape index (κ2) is 5.07. The molecule has 0 spiro atoms. The topological polar surface area (TPSA) is 37.8 Å². The van der Waals surface area contributed by atoms with Crippen molar-refractivity contribution in [3.05, 3.63) is 32.9 Å². The summed E-state index contributed by atoms with van der Waals surface area (Å²) in [5.74, 6) is 0.872. The molecule has 0 unspecified atom stereocenters. The Kier molecular flexibility index (Phi) is 3.46. The minimum atomic E-state index is 0.869. The first kappa shape index (κ1) is 12.3. The van der Waals surface area contributed by atoms with Crippen LogP contribution in [-0.4, -0.2) is 9.97 Å². The number of aromatic nitrogens is 2. The van der Waals surface area contributed by atoms with E-state index in [4.69, 9.17) is 9.97 Å². The van der Waals surface area contributed by atoms with Crippen molar-refractivity contribution in [3.8, 4) is 10.7 Å². The predicted octanol–water partition coefficient (Wildman–Crippen LogP) is 3.52. The van der Waals surface area contributed by atoms with Crippen LogP contribution < -0.4 is 5.32 Å². The molecule has 0 saturated heterocycles. The highest BCUT2D eigenvalue weighted by atomic mass is 79.9. The van der Waals surface area contributed by atoms with Gasteiger partial charge in [0.05, 0.1) is 14.4 Å². The molecule has 2 aromatic rings. The van der Waals surface area contributed by atoms with Gasteiger partial charge in [-0.1, -0.05) is 13.3 Å². The van der Waals surface area contributed by atoms with Crippen molar-refractivity contribution in [1.82, 2.24) is 15.3 Å². The molecule has 1 N–H and O–H groups in total. The lowest BCUT2D eigenvalue weighted by Crippen LogP contribution is -2.03. The van der Waals surface area contributed by atoms with E-state index in [0.717, 1.165) is 40.4 Å². The summed E-state index contributed by atoms with van der Waals surface area (Å²) in [6.07, 6.45) is 2.16. The Balaban J connectivity index is 2.08. The lowest BCUT2D eigenvalue weighted by atomic mass is 10.1. The molecule has 0 radical (unpaired) electrons. The largest absolute Gasteiger partial charge is 0.307 e. The quantitative estimate of drug-likeness (QED) is 0.939. The Morgan fingerprint density at radius 2 is 2.22 bits per heavy atom. The van der Waals surface area contributed by atoms with Crippen LogP contribution in [-0.2, 0) is 19.5 Å². The van der Waals surface area contributed by atoms with Gasteiger partial charge in [-0.25, -0.2) is 9.97 Å². The second-order valence-corrected chi connectivity index (χ2v) is 6.84. The molecule has 1 aliphatic heterocycles. The van der Waals surface area contributed by atoms with E-state index < -0.39 is 0 Å². The third-order valence-electron chi connectivity index (χ3n) is 3.05. The highest BCUT2D eigenvalue weighted by Gasteiger charge is 2.19. The highest BCUT2D eigenvalue weighted by molar-refractivity contribution is 9.11. The number of nitrogens with one attached hydrogen (secondary N) is 1. The molecule has 0 fully saturated rings. The summed E-state index contributed by atoms with van der Waals surface area (Å²) in [5.41, 5.74) is 3.70. The first-order chi connectivity index (χ1) is 8.78. The molecular weight excluding hydrogens is 310 g/mol. The summed E-state index contributed by atoms with van der Waals surface area (Å²) >= 11 is 5.18. The summed E-state index contributed by atoms with van der Waals surface area (Å²) in [5, 5.41) is 3.36. The molecule has 3 heterocycles. The normalized spacial score (nSPS) is 13.9. The summed E-state index contributed by atoms with van der Waals surface area (Å²) in [6, 6.07) is 4.13. The zero-order valence-corrected chi connectivity index (χ0v) is 12.6. The molecule has 0 saturated carbocycles. The van der Waals surface area contributed by atoms with Gasteiger partial charge in [-0.2, -0.15) is 0 Å². The van der Waals surface area contributed by atoms with Crippen molar-refractivity contribution >= 4 is 27.3 Å². The molecule has 3 nitrogen and oxygen atoms in total. The van der Waals surface area contributed by atoms with E-state index in [9.17, 15) is 0 Å². The van der Waals surface area contributed by atoms with Gasteiger partial charge in [0.1, 0.15) is 0 Å². The molecule has 0 bridgehead atoms. The third-order valence-corrected chi connectivity index (χ3v) is 4.67. The van der Waals surface area contributed by atoms with Gasteiger partial charge >= 0.3 is 0 Å². The minimum absolute atomic E-state index is 0.869. The Morgan fingerprint density at radius 1 is 1.33 bits per heavy atom.